The molecule has 2 unspecified atom stereocenters. The van der Waals surface area contributed by atoms with Crippen molar-refractivity contribution in [2.75, 3.05) is 12.4 Å². The number of aromatic nitrogens is 3. The number of alkyl halides is 1. The highest BCUT2D eigenvalue weighted by molar-refractivity contribution is 9.10. The van der Waals surface area contributed by atoms with Crippen molar-refractivity contribution in [3.8, 4) is 0 Å². The Morgan fingerprint density at radius 1 is 1.44 bits per heavy atom. The van der Waals surface area contributed by atoms with Crippen molar-refractivity contribution in [3.05, 3.63) is 22.4 Å². The maximum absolute atomic E-state index is 12.7. The van der Waals surface area contributed by atoms with E-state index in [-0.39, 0.29) is 18.8 Å². The molecule has 5 nitrogen and oxygen atoms in total. The Bertz CT molecular complexity index is 798. The molecule has 3 N–H and O–H groups in total. The van der Waals surface area contributed by atoms with E-state index in [9.17, 15) is 4.39 Å². The summed E-state index contributed by atoms with van der Waals surface area (Å²) >= 11 is 3.52. The van der Waals surface area contributed by atoms with Gasteiger partial charge >= 0.3 is 0 Å². The molecule has 0 fully saturated rings. The minimum absolute atomic E-state index is 0.0943. The number of halogens is 2. The Morgan fingerprint density at radius 3 is 2.80 bits per heavy atom. The summed E-state index contributed by atoms with van der Waals surface area (Å²) in [5.41, 5.74) is 9.49. The van der Waals surface area contributed by atoms with Crippen molar-refractivity contribution < 1.29 is 4.39 Å². The zero-order valence-corrected chi connectivity index (χ0v) is 16.5. The van der Waals surface area contributed by atoms with Crippen LogP contribution in [0.15, 0.2) is 16.9 Å². The van der Waals surface area contributed by atoms with Crippen LogP contribution in [0.4, 0.5) is 10.2 Å². The van der Waals surface area contributed by atoms with Gasteiger partial charge in [-0.3, -0.25) is 4.68 Å². The van der Waals surface area contributed by atoms with Crippen LogP contribution >= 0.6 is 15.9 Å². The summed E-state index contributed by atoms with van der Waals surface area (Å²) in [6, 6.07) is 0.454. The predicted molar refractivity (Wildman–Crippen MR) is 104 cm³/mol. The van der Waals surface area contributed by atoms with E-state index < -0.39 is 0 Å². The van der Waals surface area contributed by atoms with Gasteiger partial charge in [-0.05, 0) is 61.5 Å². The highest BCUT2D eigenvalue weighted by Crippen LogP contribution is 2.37. The van der Waals surface area contributed by atoms with Crippen LogP contribution in [0.2, 0.25) is 0 Å². The SMILES string of the molecule is CC(CF)NC1CC=C(c2cnc(N)c3c(Br)nn(C(C)C)c23)CC1. The molecule has 0 saturated carbocycles. The maximum Gasteiger partial charge on any atom is 0.139 e. The lowest BCUT2D eigenvalue weighted by molar-refractivity contribution is 0.347. The first-order valence-electron chi connectivity index (χ1n) is 8.76. The van der Waals surface area contributed by atoms with E-state index in [0.29, 0.717) is 11.9 Å². The molecular formula is C18H25BrFN5. The molecule has 1 aliphatic rings. The lowest BCUT2D eigenvalue weighted by Gasteiger charge is -2.26. The number of allylic oxidation sites excluding steroid dienone is 1. The summed E-state index contributed by atoms with van der Waals surface area (Å²) in [5, 5.41) is 8.82. The fourth-order valence-electron chi connectivity index (χ4n) is 3.44. The molecular weight excluding hydrogens is 385 g/mol. The van der Waals surface area contributed by atoms with Crippen molar-refractivity contribution in [3.63, 3.8) is 0 Å². The normalized spacial score (nSPS) is 19.4. The van der Waals surface area contributed by atoms with Gasteiger partial charge in [0.05, 0.1) is 10.9 Å². The number of pyridine rings is 1. The molecule has 0 aliphatic heterocycles. The predicted octanol–water partition coefficient (Wildman–Crippen LogP) is 4.24. The Balaban J connectivity index is 1.98. The van der Waals surface area contributed by atoms with Crippen LogP contribution in [-0.2, 0) is 0 Å². The zero-order chi connectivity index (χ0) is 18.1. The number of nitrogens with two attached hydrogens (primary N) is 1. The van der Waals surface area contributed by atoms with E-state index in [2.05, 4.69) is 51.3 Å². The minimum atomic E-state index is -0.336. The van der Waals surface area contributed by atoms with Crippen LogP contribution < -0.4 is 11.1 Å². The molecule has 2 aromatic rings. The molecule has 2 atom stereocenters. The number of fused-ring (bicyclic) bond motifs is 1. The lowest BCUT2D eigenvalue weighted by atomic mass is 9.90. The molecule has 25 heavy (non-hydrogen) atoms. The van der Waals surface area contributed by atoms with Crippen LogP contribution in [0.25, 0.3) is 16.5 Å². The number of nitrogens with one attached hydrogen (secondary N) is 1. The minimum Gasteiger partial charge on any atom is -0.383 e. The van der Waals surface area contributed by atoms with E-state index in [1.54, 1.807) is 0 Å². The number of hydrogen-bond donors (Lipinski definition) is 2. The molecule has 0 aromatic carbocycles. The average molecular weight is 410 g/mol. The number of nitrogens with zero attached hydrogens (tertiary/aromatic N) is 3. The highest BCUT2D eigenvalue weighted by Gasteiger charge is 2.23. The van der Waals surface area contributed by atoms with Gasteiger partial charge < -0.3 is 11.1 Å². The van der Waals surface area contributed by atoms with E-state index in [0.717, 1.165) is 40.3 Å². The van der Waals surface area contributed by atoms with Gasteiger partial charge in [-0.1, -0.05) is 6.08 Å². The third-order valence-electron chi connectivity index (χ3n) is 4.71. The van der Waals surface area contributed by atoms with Crippen LogP contribution in [0, 0.1) is 0 Å². The molecule has 2 heterocycles. The summed E-state index contributed by atoms with van der Waals surface area (Å²) in [6.07, 6.45) is 6.90. The quantitative estimate of drug-likeness (QED) is 0.774. The first-order chi connectivity index (χ1) is 11.9. The molecule has 0 bridgehead atoms. The standard InChI is InChI=1S/C18H25BrFN5/c1-10(2)25-16-14(9-22-18(21)15(16)17(19)24-25)12-4-6-13(7-5-12)23-11(3)8-20/h4,9-11,13,23H,5-8H2,1-3H3,(H2,21,22). The first kappa shape index (κ1) is 18.3. The molecule has 136 valence electrons. The van der Waals surface area contributed by atoms with Crippen LogP contribution in [0.5, 0.6) is 0 Å². The van der Waals surface area contributed by atoms with Gasteiger partial charge in [-0.25, -0.2) is 9.37 Å². The van der Waals surface area contributed by atoms with E-state index >= 15 is 0 Å². The summed E-state index contributed by atoms with van der Waals surface area (Å²) < 4.78 is 15.4. The summed E-state index contributed by atoms with van der Waals surface area (Å²) in [7, 11) is 0. The van der Waals surface area contributed by atoms with Gasteiger partial charge in [0.1, 0.15) is 17.1 Å². The molecule has 0 saturated heterocycles. The number of hydrogen-bond acceptors (Lipinski definition) is 4. The second-order valence-corrected chi connectivity index (χ2v) is 7.78. The smallest absolute Gasteiger partial charge is 0.139 e. The number of nitrogen functional groups attached to an aromatic ring is 1. The maximum atomic E-state index is 12.7. The summed E-state index contributed by atoms with van der Waals surface area (Å²) in [5.74, 6) is 0.491. The molecule has 7 heteroatoms. The van der Waals surface area contributed by atoms with Crippen molar-refractivity contribution in [1.29, 1.82) is 0 Å². The Hall–Kier alpha value is -1.47. The third kappa shape index (κ3) is 3.58. The van der Waals surface area contributed by atoms with Crippen molar-refractivity contribution in [2.45, 2.75) is 58.2 Å². The lowest BCUT2D eigenvalue weighted by Crippen LogP contribution is -2.38. The Labute approximate surface area is 156 Å². The fourth-order valence-corrected chi connectivity index (χ4v) is 4.00. The van der Waals surface area contributed by atoms with Gasteiger partial charge in [0, 0.05) is 29.9 Å². The average Bonchev–Trinajstić information content (AvgIpc) is 2.95. The monoisotopic (exact) mass is 409 g/mol. The van der Waals surface area contributed by atoms with Crippen LogP contribution in [0.3, 0.4) is 0 Å². The highest BCUT2D eigenvalue weighted by atomic mass is 79.9. The Kier molecular flexibility index (Phi) is 5.43. The number of anilines is 1. The largest absolute Gasteiger partial charge is 0.383 e. The van der Waals surface area contributed by atoms with E-state index in [1.165, 1.54) is 5.57 Å². The van der Waals surface area contributed by atoms with Crippen LogP contribution in [0.1, 0.15) is 51.6 Å². The van der Waals surface area contributed by atoms with E-state index in [1.807, 2.05) is 17.8 Å². The molecule has 1 aliphatic carbocycles. The second-order valence-electron chi connectivity index (χ2n) is 7.03. The summed E-state index contributed by atoms with van der Waals surface area (Å²) in [4.78, 5) is 4.39. The molecule has 2 aromatic heterocycles. The topological polar surface area (TPSA) is 68.8 Å². The van der Waals surface area contributed by atoms with Gasteiger partial charge in [0.25, 0.3) is 0 Å². The van der Waals surface area contributed by atoms with Crippen LogP contribution in [-0.4, -0.2) is 33.5 Å². The number of rotatable bonds is 5. The second kappa shape index (κ2) is 7.41. The molecule has 0 amide bonds. The van der Waals surface area contributed by atoms with Crippen molar-refractivity contribution >= 4 is 38.2 Å². The van der Waals surface area contributed by atoms with E-state index in [4.69, 9.17) is 5.73 Å². The van der Waals surface area contributed by atoms with Crippen molar-refractivity contribution in [1.82, 2.24) is 20.1 Å². The fraction of sp³-hybridized carbons (Fsp3) is 0.556. The molecule has 0 spiro atoms. The van der Waals surface area contributed by atoms with Crippen molar-refractivity contribution in [2.24, 2.45) is 0 Å². The first-order valence-corrected chi connectivity index (χ1v) is 9.55. The third-order valence-corrected chi connectivity index (χ3v) is 5.26. The van der Waals surface area contributed by atoms with Gasteiger partial charge in [0.2, 0.25) is 0 Å². The van der Waals surface area contributed by atoms with Gasteiger partial charge in [0.15, 0.2) is 0 Å². The molecule has 0 radical (unpaired) electrons. The zero-order valence-electron chi connectivity index (χ0n) is 14.9. The molecule has 3 rings (SSSR count). The Morgan fingerprint density at radius 2 is 2.20 bits per heavy atom. The summed E-state index contributed by atoms with van der Waals surface area (Å²) in [6.45, 7) is 5.75. The van der Waals surface area contributed by atoms with Gasteiger partial charge in [-0.15, -0.1) is 0 Å². The van der Waals surface area contributed by atoms with Gasteiger partial charge in [-0.2, -0.15) is 5.10 Å².